The fraction of sp³-hybridized carbons (Fsp3) is 0.364. The van der Waals surface area contributed by atoms with Crippen LogP contribution < -0.4 is 0 Å². The van der Waals surface area contributed by atoms with E-state index in [4.69, 9.17) is 8.83 Å². The molecule has 1 fully saturated rings. The number of benzene rings is 1. The summed E-state index contributed by atoms with van der Waals surface area (Å²) in [6.07, 6.45) is 4.69. The molecule has 4 rings (SSSR count). The third kappa shape index (κ3) is 5.13. The monoisotopic (exact) mass is 394 g/mol. The Balaban J connectivity index is 1.26. The Kier molecular flexibility index (Phi) is 6.07. The van der Waals surface area contributed by atoms with E-state index in [1.54, 1.807) is 24.5 Å². The lowest BCUT2D eigenvalue weighted by atomic mass is 10.2. The smallest absolute Gasteiger partial charge is 0.275 e. The van der Waals surface area contributed by atoms with Gasteiger partial charge in [0.2, 0.25) is 5.89 Å². The number of piperazine rings is 1. The van der Waals surface area contributed by atoms with Gasteiger partial charge in [-0.1, -0.05) is 30.3 Å². The molecule has 3 heterocycles. The average Bonchev–Trinajstić information content (AvgIpc) is 3.42. The van der Waals surface area contributed by atoms with E-state index >= 15 is 0 Å². The number of oxazole rings is 1. The van der Waals surface area contributed by atoms with Crippen LogP contribution in [0.4, 0.5) is 0 Å². The molecule has 0 saturated carbocycles. The van der Waals surface area contributed by atoms with E-state index in [9.17, 15) is 4.79 Å². The third-order valence-electron chi connectivity index (χ3n) is 5.19. The Morgan fingerprint density at radius 1 is 1.00 bits per heavy atom. The Hall–Kier alpha value is -2.90. The highest BCUT2D eigenvalue weighted by Crippen LogP contribution is 2.13. The van der Waals surface area contributed by atoms with Crippen LogP contribution in [0.15, 0.2) is 64.0 Å². The second-order valence-corrected chi connectivity index (χ2v) is 7.46. The Bertz CT molecular complexity index is 899. The van der Waals surface area contributed by atoms with Gasteiger partial charge in [-0.3, -0.25) is 14.6 Å². The molecule has 1 amide bonds. The molecule has 0 unspecified atom stereocenters. The van der Waals surface area contributed by atoms with Crippen LogP contribution in [0.3, 0.4) is 0 Å². The van der Waals surface area contributed by atoms with Crippen molar-refractivity contribution >= 4 is 5.91 Å². The first-order valence-corrected chi connectivity index (χ1v) is 9.87. The zero-order valence-electron chi connectivity index (χ0n) is 16.7. The second-order valence-electron chi connectivity index (χ2n) is 7.46. The predicted octanol–water partition coefficient (Wildman–Crippen LogP) is 2.86. The van der Waals surface area contributed by atoms with Gasteiger partial charge in [-0.15, -0.1) is 0 Å². The maximum atomic E-state index is 12.5. The summed E-state index contributed by atoms with van der Waals surface area (Å²) in [5.74, 6) is 0.426. The summed E-state index contributed by atoms with van der Waals surface area (Å²) in [4.78, 5) is 23.3. The molecule has 1 aromatic carbocycles. The molecule has 1 aliphatic rings. The number of furan rings is 1. The van der Waals surface area contributed by atoms with Crippen LogP contribution in [0.5, 0.6) is 0 Å². The number of carbonyl (C=O) groups excluding carboxylic acids is 1. The molecule has 0 N–H and O–H groups in total. The summed E-state index contributed by atoms with van der Waals surface area (Å²) in [5.41, 5.74) is 2.63. The Labute approximate surface area is 170 Å². The minimum atomic E-state index is -0.158. The first-order chi connectivity index (χ1) is 14.2. The van der Waals surface area contributed by atoms with Gasteiger partial charge in [0.25, 0.3) is 5.91 Å². The van der Waals surface area contributed by atoms with Gasteiger partial charge in [0.15, 0.2) is 5.69 Å². The molecular weight excluding hydrogens is 368 g/mol. The highest BCUT2D eigenvalue weighted by Gasteiger charge is 2.21. The van der Waals surface area contributed by atoms with Gasteiger partial charge in [-0.2, -0.15) is 0 Å². The quantitative estimate of drug-likeness (QED) is 0.614. The third-order valence-corrected chi connectivity index (χ3v) is 5.19. The lowest BCUT2D eigenvalue weighted by molar-refractivity contribution is 0.0779. The molecule has 29 heavy (non-hydrogen) atoms. The van der Waals surface area contributed by atoms with Gasteiger partial charge in [0.05, 0.1) is 19.1 Å². The van der Waals surface area contributed by atoms with Crippen molar-refractivity contribution in [1.29, 1.82) is 0 Å². The van der Waals surface area contributed by atoms with Crippen molar-refractivity contribution in [2.45, 2.75) is 19.6 Å². The zero-order valence-corrected chi connectivity index (χ0v) is 16.7. The largest absolute Gasteiger partial charge is 0.472 e. The normalized spacial score (nSPS) is 15.5. The van der Waals surface area contributed by atoms with Crippen LogP contribution in [0.2, 0.25) is 0 Å². The molecule has 2 aromatic heterocycles. The highest BCUT2D eigenvalue weighted by molar-refractivity contribution is 5.91. The van der Waals surface area contributed by atoms with Gasteiger partial charge >= 0.3 is 0 Å². The van der Waals surface area contributed by atoms with Crippen molar-refractivity contribution in [3.05, 3.63) is 77.9 Å². The molecule has 0 spiro atoms. The molecule has 0 atom stereocenters. The van der Waals surface area contributed by atoms with Crippen molar-refractivity contribution in [2.24, 2.45) is 0 Å². The minimum Gasteiger partial charge on any atom is -0.472 e. The van der Waals surface area contributed by atoms with E-state index in [0.29, 0.717) is 24.7 Å². The van der Waals surface area contributed by atoms with Crippen molar-refractivity contribution in [1.82, 2.24) is 19.7 Å². The zero-order chi connectivity index (χ0) is 20.1. The Morgan fingerprint density at radius 3 is 2.41 bits per heavy atom. The van der Waals surface area contributed by atoms with Gasteiger partial charge in [-0.05, 0) is 11.6 Å². The molecule has 7 nitrogen and oxygen atoms in total. The van der Waals surface area contributed by atoms with E-state index in [0.717, 1.165) is 38.3 Å². The fourth-order valence-electron chi connectivity index (χ4n) is 3.54. The number of hydrogen-bond acceptors (Lipinski definition) is 6. The summed E-state index contributed by atoms with van der Waals surface area (Å²) in [7, 11) is 1.75. The molecular formula is C22H26N4O3. The summed E-state index contributed by atoms with van der Waals surface area (Å²) in [6.45, 7) is 6.01. The maximum Gasteiger partial charge on any atom is 0.275 e. The Morgan fingerprint density at radius 2 is 1.72 bits per heavy atom. The number of carbonyl (C=O) groups is 1. The van der Waals surface area contributed by atoms with E-state index in [1.165, 1.54) is 11.8 Å². The number of hydrogen-bond donors (Lipinski definition) is 0. The fourth-order valence-corrected chi connectivity index (χ4v) is 3.54. The van der Waals surface area contributed by atoms with E-state index in [-0.39, 0.29) is 5.91 Å². The molecule has 0 radical (unpaired) electrons. The highest BCUT2D eigenvalue weighted by atomic mass is 16.3. The summed E-state index contributed by atoms with van der Waals surface area (Å²) >= 11 is 0. The van der Waals surface area contributed by atoms with Gasteiger partial charge in [-0.25, -0.2) is 4.98 Å². The van der Waals surface area contributed by atoms with Gasteiger partial charge in [0, 0.05) is 51.9 Å². The number of rotatable bonds is 7. The van der Waals surface area contributed by atoms with Crippen LogP contribution in [0.1, 0.15) is 27.5 Å². The summed E-state index contributed by atoms with van der Waals surface area (Å²) in [5, 5.41) is 0. The van der Waals surface area contributed by atoms with Crippen LogP contribution in [-0.2, 0) is 19.6 Å². The molecule has 152 valence electrons. The van der Waals surface area contributed by atoms with Crippen LogP contribution in [-0.4, -0.2) is 58.8 Å². The average molecular weight is 394 g/mol. The van der Waals surface area contributed by atoms with Crippen molar-refractivity contribution < 1.29 is 13.6 Å². The molecule has 1 saturated heterocycles. The second kappa shape index (κ2) is 9.07. The van der Waals surface area contributed by atoms with Gasteiger partial charge < -0.3 is 13.7 Å². The topological polar surface area (TPSA) is 66.0 Å². The first-order valence-electron chi connectivity index (χ1n) is 9.87. The number of amides is 1. The van der Waals surface area contributed by atoms with Gasteiger partial charge in [0.1, 0.15) is 6.26 Å². The van der Waals surface area contributed by atoms with Crippen molar-refractivity contribution in [3.8, 4) is 0 Å². The molecule has 1 aliphatic heterocycles. The summed E-state index contributed by atoms with van der Waals surface area (Å²) < 4.78 is 10.6. The minimum absolute atomic E-state index is 0.158. The number of nitrogens with zero attached hydrogens (tertiary/aromatic N) is 4. The predicted molar refractivity (Wildman–Crippen MR) is 108 cm³/mol. The summed E-state index contributed by atoms with van der Waals surface area (Å²) in [6, 6.07) is 12.4. The first kappa shape index (κ1) is 19.4. The van der Waals surface area contributed by atoms with E-state index < -0.39 is 0 Å². The molecule has 0 aliphatic carbocycles. The van der Waals surface area contributed by atoms with Crippen LogP contribution in [0.25, 0.3) is 0 Å². The lowest BCUT2D eigenvalue weighted by Gasteiger charge is -2.34. The lowest BCUT2D eigenvalue weighted by Crippen LogP contribution is -2.45. The molecule has 0 bridgehead atoms. The molecule has 7 heteroatoms. The standard InChI is InChI=1S/C22H26N4O3/c1-24(13-19-7-12-28-16-19)22(27)20-17-29-21(23-20)15-26-10-8-25(9-11-26)14-18-5-3-2-4-6-18/h2-7,12,16-17H,8-11,13-15H2,1H3. The maximum absolute atomic E-state index is 12.5. The van der Waals surface area contributed by atoms with E-state index in [1.807, 2.05) is 12.1 Å². The van der Waals surface area contributed by atoms with Crippen LogP contribution >= 0.6 is 0 Å². The van der Waals surface area contributed by atoms with Crippen molar-refractivity contribution in [2.75, 3.05) is 33.2 Å². The SMILES string of the molecule is CN(Cc1ccoc1)C(=O)c1coc(CN2CCN(Cc3ccccc3)CC2)n1. The number of aromatic nitrogens is 1. The van der Waals surface area contributed by atoms with Crippen molar-refractivity contribution in [3.63, 3.8) is 0 Å². The van der Waals surface area contributed by atoms with Crippen LogP contribution in [0, 0.1) is 0 Å². The molecule has 3 aromatic rings. The van der Waals surface area contributed by atoms with E-state index in [2.05, 4.69) is 39.0 Å².